The molecular formula is C19H25N3O. The van der Waals surface area contributed by atoms with E-state index in [9.17, 15) is 4.79 Å². The number of amides is 1. The number of carbonyl (C=O) groups excluding carboxylic acids is 1. The lowest BCUT2D eigenvalue weighted by molar-refractivity contribution is 0.102. The molecule has 0 bridgehead atoms. The van der Waals surface area contributed by atoms with E-state index in [2.05, 4.69) is 22.5 Å². The lowest BCUT2D eigenvalue weighted by Gasteiger charge is -2.22. The number of nitrogens with zero attached hydrogens (tertiary/aromatic N) is 2. The van der Waals surface area contributed by atoms with Crippen LogP contribution in [0.2, 0.25) is 0 Å². The van der Waals surface area contributed by atoms with Gasteiger partial charge in [-0.05, 0) is 50.3 Å². The van der Waals surface area contributed by atoms with Crippen molar-refractivity contribution in [3.63, 3.8) is 0 Å². The zero-order valence-corrected chi connectivity index (χ0v) is 14.2. The SMILES string of the molecule is Cc1nn(C)c(C)c1NC(=O)c1ccc(C2CCCCC2)cc1. The molecule has 1 heterocycles. The molecule has 1 aromatic carbocycles. The summed E-state index contributed by atoms with van der Waals surface area (Å²) in [7, 11) is 1.89. The molecule has 1 aliphatic carbocycles. The third kappa shape index (κ3) is 3.31. The van der Waals surface area contributed by atoms with Crippen molar-refractivity contribution in [2.75, 3.05) is 5.32 Å². The maximum atomic E-state index is 12.5. The molecule has 4 heteroatoms. The average molecular weight is 311 g/mol. The van der Waals surface area contributed by atoms with E-state index >= 15 is 0 Å². The number of aromatic nitrogens is 2. The van der Waals surface area contributed by atoms with Crippen molar-refractivity contribution in [3.8, 4) is 0 Å². The van der Waals surface area contributed by atoms with Crippen molar-refractivity contribution in [2.24, 2.45) is 7.05 Å². The van der Waals surface area contributed by atoms with E-state index in [1.807, 2.05) is 33.0 Å². The van der Waals surface area contributed by atoms with Gasteiger partial charge in [-0.1, -0.05) is 31.4 Å². The van der Waals surface area contributed by atoms with Gasteiger partial charge in [0, 0.05) is 12.6 Å². The summed E-state index contributed by atoms with van der Waals surface area (Å²) in [5.74, 6) is 0.600. The molecule has 2 aromatic rings. The summed E-state index contributed by atoms with van der Waals surface area (Å²) in [5.41, 5.74) is 4.70. The minimum Gasteiger partial charge on any atom is -0.319 e. The minimum absolute atomic E-state index is 0.0700. The molecule has 1 fully saturated rings. The zero-order chi connectivity index (χ0) is 16.4. The van der Waals surface area contributed by atoms with E-state index in [0.717, 1.165) is 17.1 Å². The highest BCUT2D eigenvalue weighted by molar-refractivity contribution is 6.04. The average Bonchev–Trinajstić information content (AvgIpc) is 2.82. The van der Waals surface area contributed by atoms with E-state index in [4.69, 9.17) is 0 Å². The number of hydrogen-bond donors (Lipinski definition) is 1. The first-order valence-electron chi connectivity index (χ1n) is 8.48. The molecule has 1 aromatic heterocycles. The molecule has 1 aliphatic rings. The van der Waals surface area contributed by atoms with Gasteiger partial charge in [0.15, 0.2) is 0 Å². The van der Waals surface area contributed by atoms with Gasteiger partial charge >= 0.3 is 0 Å². The fourth-order valence-corrected chi connectivity index (χ4v) is 3.48. The number of rotatable bonds is 3. The molecule has 1 saturated carbocycles. The van der Waals surface area contributed by atoms with Crippen LogP contribution in [0.5, 0.6) is 0 Å². The fourth-order valence-electron chi connectivity index (χ4n) is 3.48. The van der Waals surface area contributed by atoms with Crippen LogP contribution in [0.3, 0.4) is 0 Å². The molecule has 0 saturated heterocycles. The lowest BCUT2D eigenvalue weighted by atomic mass is 9.84. The first-order valence-corrected chi connectivity index (χ1v) is 8.48. The smallest absolute Gasteiger partial charge is 0.255 e. The van der Waals surface area contributed by atoms with Gasteiger partial charge in [-0.15, -0.1) is 0 Å². The summed E-state index contributed by atoms with van der Waals surface area (Å²) < 4.78 is 1.79. The Labute approximate surface area is 137 Å². The van der Waals surface area contributed by atoms with Crippen molar-refractivity contribution in [2.45, 2.75) is 51.9 Å². The van der Waals surface area contributed by atoms with Gasteiger partial charge in [0.1, 0.15) is 0 Å². The van der Waals surface area contributed by atoms with Crippen LogP contribution in [0.1, 0.15) is 65.3 Å². The standard InChI is InChI=1S/C19H25N3O/c1-13-18(14(2)22(3)21-13)20-19(23)17-11-9-16(10-12-17)15-7-5-4-6-8-15/h9-12,15H,4-8H2,1-3H3,(H,20,23). The number of benzene rings is 1. The van der Waals surface area contributed by atoms with Gasteiger partial charge in [0.05, 0.1) is 17.1 Å². The summed E-state index contributed by atoms with van der Waals surface area (Å²) >= 11 is 0. The Balaban J connectivity index is 1.72. The second-order valence-corrected chi connectivity index (χ2v) is 6.58. The van der Waals surface area contributed by atoms with Crippen LogP contribution in [0.15, 0.2) is 24.3 Å². The predicted octanol–water partition coefficient (Wildman–Crippen LogP) is 4.34. The minimum atomic E-state index is -0.0700. The van der Waals surface area contributed by atoms with Crippen LogP contribution in [0, 0.1) is 13.8 Å². The molecule has 4 nitrogen and oxygen atoms in total. The molecule has 0 spiro atoms. The Bertz CT molecular complexity index is 694. The van der Waals surface area contributed by atoms with E-state index in [-0.39, 0.29) is 5.91 Å². The number of nitrogens with one attached hydrogen (secondary N) is 1. The Morgan fingerprint density at radius 3 is 2.35 bits per heavy atom. The molecule has 23 heavy (non-hydrogen) atoms. The second kappa shape index (κ2) is 6.57. The molecule has 0 aliphatic heterocycles. The van der Waals surface area contributed by atoms with Gasteiger partial charge < -0.3 is 5.32 Å². The van der Waals surface area contributed by atoms with E-state index in [0.29, 0.717) is 11.5 Å². The summed E-state index contributed by atoms with van der Waals surface area (Å²) in [4.78, 5) is 12.5. The number of aryl methyl sites for hydroxylation is 2. The number of anilines is 1. The van der Waals surface area contributed by atoms with Crippen molar-refractivity contribution in [3.05, 3.63) is 46.8 Å². The molecule has 3 rings (SSSR count). The molecule has 1 amide bonds. The molecule has 0 radical (unpaired) electrons. The highest BCUT2D eigenvalue weighted by Crippen LogP contribution is 2.32. The largest absolute Gasteiger partial charge is 0.319 e. The van der Waals surface area contributed by atoms with Crippen LogP contribution in [-0.2, 0) is 7.05 Å². The summed E-state index contributed by atoms with van der Waals surface area (Å²) in [6.45, 7) is 3.87. The third-order valence-electron chi connectivity index (χ3n) is 5.00. The Morgan fingerprint density at radius 1 is 1.13 bits per heavy atom. The highest BCUT2D eigenvalue weighted by Gasteiger charge is 2.17. The highest BCUT2D eigenvalue weighted by atomic mass is 16.1. The second-order valence-electron chi connectivity index (χ2n) is 6.58. The predicted molar refractivity (Wildman–Crippen MR) is 92.9 cm³/mol. The van der Waals surface area contributed by atoms with Crippen molar-refractivity contribution < 1.29 is 4.79 Å². The monoisotopic (exact) mass is 311 g/mol. The van der Waals surface area contributed by atoms with Crippen molar-refractivity contribution in [1.29, 1.82) is 0 Å². The molecule has 1 N–H and O–H groups in total. The van der Waals surface area contributed by atoms with Crippen LogP contribution in [0.25, 0.3) is 0 Å². The Hall–Kier alpha value is -2.10. The Morgan fingerprint density at radius 2 is 1.78 bits per heavy atom. The summed E-state index contributed by atoms with van der Waals surface area (Å²) in [5, 5.41) is 7.33. The van der Waals surface area contributed by atoms with Gasteiger partial charge in [-0.25, -0.2) is 0 Å². The first kappa shape index (κ1) is 15.8. The lowest BCUT2D eigenvalue weighted by Crippen LogP contribution is -2.13. The first-order chi connectivity index (χ1) is 11.1. The normalized spacial score (nSPS) is 15.6. The Kier molecular flexibility index (Phi) is 4.51. The van der Waals surface area contributed by atoms with E-state index in [1.54, 1.807) is 4.68 Å². The van der Waals surface area contributed by atoms with Gasteiger partial charge in [0.2, 0.25) is 0 Å². The fraction of sp³-hybridized carbons (Fsp3) is 0.474. The van der Waals surface area contributed by atoms with Crippen molar-refractivity contribution >= 4 is 11.6 Å². The van der Waals surface area contributed by atoms with E-state index < -0.39 is 0 Å². The molecule has 0 unspecified atom stereocenters. The summed E-state index contributed by atoms with van der Waals surface area (Å²) in [6, 6.07) is 8.13. The van der Waals surface area contributed by atoms with Crippen LogP contribution >= 0.6 is 0 Å². The van der Waals surface area contributed by atoms with Crippen LogP contribution < -0.4 is 5.32 Å². The van der Waals surface area contributed by atoms with Crippen molar-refractivity contribution in [1.82, 2.24) is 9.78 Å². The maximum absolute atomic E-state index is 12.5. The van der Waals surface area contributed by atoms with E-state index in [1.165, 1.54) is 37.7 Å². The topological polar surface area (TPSA) is 46.9 Å². The molecule has 122 valence electrons. The number of carbonyl (C=O) groups is 1. The maximum Gasteiger partial charge on any atom is 0.255 e. The molecule has 0 atom stereocenters. The zero-order valence-electron chi connectivity index (χ0n) is 14.2. The van der Waals surface area contributed by atoms with Gasteiger partial charge in [0.25, 0.3) is 5.91 Å². The van der Waals surface area contributed by atoms with Gasteiger partial charge in [-0.2, -0.15) is 5.10 Å². The quantitative estimate of drug-likeness (QED) is 0.916. The number of hydrogen-bond acceptors (Lipinski definition) is 2. The molecular weight excluding hydrogens is 286 g/mol. The third-order valence-corrected chi connectivity index (χ3v) is 5.00. The summed E-state index contributed by atoms with van der Waals surface area (Å²) in [6.07, 6.45) is 6.57. The van der Waals surface area contributed by atoms with Crippen LogP contribution in [0.4, 0.5) is 5.69 Å². The van der Waals surface area contributed by atoms with Gasteiger partial charge in [-0.3, -0.25) is 9.48 Å². The van der Waals surface area contributed by atoms with Crippen LogP contribution in [-0.4, -0.2) is 15.7 Å².